The number of H-pyrrole nitrogens is 1. The van der Waals surface area contributed by atoms with Crippen molar-refractivity contribution in [3.63, 3.8) is 0 Å². The minimum Gasteiger partial charge on any atom is -0.376 e. The molecular formula is C23H25N3O3. The molecule has 1 fully saturated rings. The van der Waals surface area contributed by atoms with E-state index < -0.39 is 0 Å². The number of para-hydroxylation sites is 1. The Hall–Kier alpha value is -3.12. The van der Waals surface area contributed by atoms with Crippen LogP contribution in [0.15, 0.2) is 59.4 Å². The normalized spacial score (nSPS) is 16.1. The second-order valence-electron chi connectivity index (χ2n) is 7.53. The first-order chi connectivity index (χ1) is 14.1. The van der Waals surface area contributed by atoms with Gasteiger partial charge in [-0.1, -0.05) is 29.8 Å². The molecular weight excluding hydrogens is 366 g/mol. The Labute approximate surface area is 169 Å². The fraction of sp³-hybridized carbons (Fsp3) is 0.304. The largest absolute Gasteiger partial charge is 0.376 e. The van der Waals surface area contributed by atoms with Crippen LogP contribution in [0.5, 0.6) is 0 Å². The summed E-state index contributed by atoms with van der Waals surface area (Å²) in [7, 11) is 0. The molecule has 6 nitrogen and oxygen atoms in total. The van der Waals surface area contributed by atoms with Crippen LogP contribution >= 0.6 is 0 Å². The van der Waals surface area contributed by atoms with E-state index >= 15 is 0 Å². The number of pyridine rings is 1. The smallest absolute Gasteiger partial charge is 0.322 e. The van der Waals surface area contributed by atoms with Crippen molar-refractivity contribution in [3.05, 3.63) is 76.1 Å². The van der Waals surface area contributed by atoms with Gasteiger partial charge in [0.25, 0.3) is 5.56 Å². The summed E-state index contributed by atoms with van der Waals surface area (Å²) in [5.41, 5.74) is 3.02. The lowest BCUT2D eigenvalue weighted by molar-refractivity contribution is 0.0818. The highest BCUT2D eigenvalue weighted by molar-refractivity contribution is 5.89. The molecule has 6 heteroatoms. The number of nitrogens with one attached hydrogen (secondary N) is 2. The van der Waals surface area contributed by atoms with Crippen LogP contribution in [0.3, 0.4) is 0 Å². The fourth-order valence-corrected chi connectivity index (χ4v) is 3.67. The Morgan fingerprint density at radius 3 is 2.79 bits per heavy atom. The summed E-state index contributed by atoms with van der Waals surface area (Å²) in [5, 5.41) is 3.88. The molecule has 1 aliphatic heterocycles. The Balaban J connectivity index is 1.60. The average molecular weight is 391 g/mol. The molecule has 0 bridgehead atoms. The van der Waals surface area contributed by atoms with Crippen molar-refractivity contribution in [1.29, 1.82) is 0 Å². The summed E-state index contributed by atoms with van der Waals surface area (Å²) in [6, 6.07) is 16.9. The van der Waals surface area contributed by atoms with Gasteiger partial charge in [-0.2, -0.15) is 0 Å². The van der Waals surface area contributed by atoms with Gasteiger partial charge in [0.2, 0.25) is 0 Å². The number of fused-ring (bicyclic) bond motifs is 1. The first-order valence-electron chi connectivity index (χ1n) is 9.93. The van der Waals surface area contributed by atoms with Crippen LogP contribution < -0.4 is 10.9 Å². The zero-order valence-electron chi connectivity index (χ0n) is 16.5. The van der Waals surface area contributed by atoms with Crippen LogP contribution in [0.1, 0.15) is 24.0 Å². The summed E-state index contributed by atoms with van der Waals surface area (Å²) in [6.07, 6.45) is 1.91. The monoisotopic (exact) mass is 391 g/mol. The quantitative estimate of drug-likeness (QED) is 0.689. The second kappa shape index (κ2) is 8.49. The van der Waals surface area contributed by atoms with Gasteiger partial charge in [0.1, 0.15) is 0 Å². The van der Waals surface area contributed by atoms with Crippen molar-refractivity contribution in [2.45, 2.75) is 32.4 Å². The highest BCUT2D eigenvalue weighted by Gasteiger charge is 2.24. The van der Waals surface area contributed by atoms with Gasteiger partial charge in [-0.05, 0) is 55.5 Å². The molecule has 0 saturated carbocycles. The van der Waals surface area contributed by atoms with Crippen molar-refractivity contribution in [2.75, 3.05) is 18.5 Å². The van der Waals surface area contributed by atoms with Crippen molar-refractivity contribution in [2.24, 2.45) is 0 Å². The van der Waals surface area contributed by atoms with Gasteiger partial charge in [-0.25, -0.2) is 4.79 Å². The first-order valence-corrected chi connectivity index (χ1v) is 9.93. The molecule has 1 saturated heterocycles. The fourth-order valence-electron chi connectivity index (χ4n) is 3.67. The van der Waals surface area contributed by atoms with Gasteiger partial charge >= 0.3 is 6.03 Å². The number of carbonyl (C=O) groups excluding carboxylic acids is 1. The van der Waals surface area contributed by atoms with Crippen molar-refractivity contribution in [1.82, 2.24) is 9.88 Å². The van der Waals surface area contributed by atoms with Gasteiger partial charge in [0.05, 0.1) is 12.6 Å². The third-order valence-electron chi connectivity index (χ3n) is 5.20. The minimum atomic E-state index is -0.240. The van der Waals surface area contributed by atoms with E-state index in [1.165, 1.54) is 0 Å². The van der Waals surface area contributed by atoms with Crippen molar-refractivity contribution in [3.8, 4) is 0 Å². The maximum Gasteiger partial charge on any atom is 0.322 e. The lowest BCUT2D eigenvalue weighted by Gasteiger charge is -2.25. The number of anilines is 1. The highest BCUT2D eigenvalue weighted by atomic mass is 16.5. The lowest BCUT2D eigenvalue weighted by Crippen LogP contribution is -2.40. The Bertz CT molecular complexity index is 1060. The summed E-state index contributed by atoms with van der Waals surface area (Å²) in [6.45, 7) is 3.40. The van der Waals surface area contributed by atoms with Gasteiger partial charge < -0.3 is 19.9 Å². The van der Waals surface area contributed by atoms with Gasteiger partial charge in [-0.3, -0.25) is 4.79 Å². The van der Waals surface area contributed by atoms with Gasteiger partial charge in [0, 0.05) is 29.9 Å². The predicted octanol–water partition coefficient (Wildman–Crippen LogP) is 4.05. The Morgan fingerprint density at radius 2 is 2.03 bits per heavy atom. The van der Waals surface area contributed by atoms with E-state index in [0.717, 1.165) is 35.0 Å². The number of nitrogens with zero attached hydrogens (tertiary/aromatic N) is 1. The summed E-state index contributed by atoms with van der Waals surface area (Å²) in [5.74, 6) is 0. The van der Waals surface area contributed by atoms with Gasteiger partial charge in [0.15, 0.2) is 0 Å². The topological polar surface area (TPSA) is 74.4 Å². The molecule has 0 spiro atoms. The SMILES string of the molecule is Cc1ccc2[nH]c(=O)c(CN(C[C@@H]3CCCO3)C(=O)Nc3ccccc3)cc2c1. The van der Waals surface area contributed by atoms with E-state index in [1.54, 1.807) is 4.90 Å². The third kappa shape index (κ3) is 4.66. The maximum absolute atomic E-state index is 13.0. The van der Waals surface area contributed by atoms with E-state index in [1.807, 2.05) is 61.5 Å². The van der Waals surface area contributed by atoms with Crippen LogP contribution in [0.25, 0.3) is 10.9 Å². The number of hydrogen-bond acceptors (Lipinski definition) is 3. The molecule has 2 aromatic carbocycles. The van der Waals surface area contributed by atoms with Crippen LogP contribution in [0, 0.1) is 6.92 Å². The predicted molar refractivity (Wildman–Crippen MR) is 114 cm³/mol. The molecule has 1 aliphatic rings. The maximum atomic E-state index is 13.0. The summed E-state index contributed by atoms with van der Waals surface area (Å²) in [4.78, 5) is 30.2. The zero-order valence-corrected chi connectivity index (χ0v) is 16.5. The average Bonchev–Trinajstić information content (AvgIpc) is 3.22. The molecule has 0 aliphatic carbocycles. The lowest BCUT2D eigenvalue weighted by atomic mass is 10.1. The number of hydrogen-bond donors (Lipinski definition) is 2. The number of rotatable bonds is 5. The molecule has 3 aromatic rings. The molecule has 2 N–H and O–H groups in total. The first kappa shape index (κ1) is 19.2. The molecule has 0 unspecified atom stereocenters. The summed E-state index contributed by atoms with van der Waals surface area (Å²) < 4.78 is 5.73. The second-order valence-corrected chi connectivity index (χ2v) is 7.53. The van der Waals surface area contributed by atoms with Crippen LogP contribution in [0.4, 0.5) is 10.5 Å². The number of carbonyl (C=O) groups is 1. The number of aryl methyl sites for hydroxylation is 1. The van der Waals surface area contributed by atoms with Crippen LogP contribution in [-0.4, -0.2) is 35.2 Å². The van der Waals surface area contributed by atoms with E-state index in [2.05, 4.69) is 10.3 Å². The van der Waals surface area contributed by atoms with Crippen molar-refractivity contribution >= 4 is 22.6 Å². The number of aromatic nitrogens is 1. The summed E-state index contributed by atoms with van der Waals surface area (Å²) >= 11 is 0. The highest BCUT2D eigenvalue weighted by Crippen LogP contribution is 2.18. The Morgan fingerprint density at radius 1 is 1.21 bits per heavy atom. The van der Waals surface area contributed by atoms with Gasteiger partial charge in [-0.15, -0.1) is 0 Å². The number of aromatic amines is 1. The molecule has 1 atom stereocenters. The number of ether oxygens (including phenoxy) is 1. The third-order valence-corrected chi connectivity index (χ3v) is 5.20. The Kier molecular flexibility index (Phi) is 5.62. The zero-order chi connectivity index (χ0) is 20.2. The standard InChI is InChI=1S/C23H25N3O3/c1-16-9-10-21-17(12-16)13-18(22(27)25-21)14-26(15-20-8-5-11-29-20)23(28)24-19-6-3-2-4-7-19/h2-4,6-7,9-10,12-13,20H,5,8,11,14-15H2,1H3,(H,24,28)(H,25,27)/t20-/m0/s1. The van der Waals surface area contributed by atoms with E-state index in [-0.39, 0.29) is 24.2 Å². The molecule has 150 valence electrons. The number of urea groups is 1. The van der Waals surface area contributed by atoms with E-state index in [4.69, 9.17) is 4.74 Å². The van der Waals surface area contributed by atoms with Crippen LogP contribution in [-0.2, 0) is 11.3 Å². The van der Waals surface area contributed by atoms with Crippen molar-refractivity contribution < 1.29 is 9.53 Å². The molecule has 1 aromatic heterocycles. The minimum absolute atomic E-state index is 0.00157. The molecule has 29 heavy (non-hydrogen) atoms. The molecule has 2 amide bonds. The van der Waals surface area contributed by atoms with E-state index in [0.29, 0.717) is 18.7 Å². The number of benzene rings is 2. The van der Waals surface area contributed by atoms with Crippen LogP contribution in [0.2, 0.25) is 0 Å². The molecule has 0 radical (unpaired) electrons. The molecule has 4 rings (SSSR count). The molecule has 2 heterocycles. The number of amides is 2. The van der Waals surface area contributed by atoms with E-state index in [9.17, 15) is 9.59 Å².